The van der Waals surface area contributed by atoms with Crippen molar-refractivity contribution in [3.8, 4) is 0 Å². The monoisotopic (exact) mass is 687 g/mol. The quantitative estimate of drug-likeness (QED) is 0.0401. The Morgan fingerprint density at radius 3 is 1.22 bits per heavy atom. The first-order valence-corrected chi connectivity index (χ1v) is 21.1. The highest BCUT2D eigenvalue weighted by atomic mass is 16.6. The molecule has 49 heavy (non-hydrogen) atoms. The largest absolute Gasteiger partial charge is 0.365 e. The van der Waals surface area contributed by atoms with Gasteiger partial charge in [-0.2, -0.15) is 0 Å². The number of nitrogens with zero attached hydrogens (tertiary/aromatic N) is 2. The predicted octanol–water partition coefficient (Wildman–Crippen LogP) is 13.0. The second-order valence-electron chi connectivity index (χ2n) is 15.2. The van der Waals surface area contributed by atoms with Crippen molar-refractivity contribution in [3.63, 3.8) is 0 Å². The van der Waals surface area contributed by atoms with Crippen molar-refractivity contribution in [1.82, 2.24) is 9.80 Å². The summed E-state index contributed by atoms with van der Waals surface area (Å²) in [5.74, 6) is -1.00. The van der Waals surface area contributed by atoms with Gasteiger partial charge in [0.2, 0.25) is 0 Å². The van der Waals surface area contributed by atoms with E-state index in [2.05, 4.69) is 100 Å². The first-order valence-electron chi connectivity index (χ1n) is 21.1. The molecule has 0 radical (unpaired) electrons. The molecule has 0 heterocycles. The molecule has 0 aliphatic heterocycles. The minimum atomic E-state index is -1.00. The number of hydrogen-bond donors (Lipinski definition) is 1. The maximum absolute atomic E-state index is 11.8. The zero-order valence-electron chi connectivity index (χ0n) is 34.0. The number of aliphatic hydroxyl groups is 1. The van der Waals surface area contributed by atoms with Crippen LogP contribution in [-0.4, -0.2) is 68.1 Å². The van der Waals surface area contributed by atoms with Crippen LogP contribution in [0.1, 0.15) is 187 Å². The average molecular weight is 687 g/mol. The normalized spacial score (nSPS) is 13.6. The first kappa shape index (κ1) is 47.8. The van der Waals surface area contributed by atoms with Gasteiger partial charge in [0.15, 0.2) is 5.79 Å². The van der Waals surface area contributed by atoms with Gasteiger partial charge in [0.1, 0.15) is 0 Å². The van der Waals surface area contributed by atoms with Gasteiger partial charge in [-0.25, -0.2) is 0 Å². The van der Waals surface area contributed by atoms with Gasteiger partial charge < -0.3 is 19.6 Å². The van der Waals surface area contributed by atoms with E-state index in [0.29, 0.717) is 0 Å². The minimum Gasteiger partial charge on any atom is -0.365 e. The Bertz CT molecular complexity index is 737. The Kier molecular flexibility index (Phi) is 35.7. The highest BCUT2D eigenvalue weighted by Gasteiger charge is 2.30. The third-order valence-electron chi connectivity index (χ3n) is 9.39. The van der Waals surface area contributed by atoms with E-state index >= 15 is 0 Å². The van der Waals surface area contributed by atoms with Gasteiger partial charge in [0.05, 0.1) is 6.10 Å². The number of allylic oxidation sites excluding steroid dienone is 8. The van der Waals surface area contributed by atoms with E-state index in [4.69, 9.17) is 4.74 Å². The fraction of sp³-hybridized carbons (Fsp3) is 0.822. The summed E-state index contributed by atoms with van der Waals surface area (Å²) in [5.41, 5.74) is 0. The molecule has 0 unspecified atom stereocenters. The lowest BCUT2D eigenvalue weighted by molar-refractivity contribution is -0.242. The van der Waals surface area contributed by atoms with Gasteiger partial charge in [-0.1, -0.05) is 140 Å². The Balaban J connectivity index is 4.41. The molecule has 4 heteroatoms. The zero-order chi connectivity index (χ0) is 36.1. The molecule has 4 nitrogen and oxygen atoms in total. The van der Waals surface area contributed by atoms with E-state index in [1.54, 1.807) is 0 Å². The van der Waals surface area contributed by atoms with Crippen molar-refractivity contribution >= 4 is 0 Å². The Labute approximate surface area is 307 Å². The summed E-state index contributed by atoms with van der Waals surface area (Å²) in [4.78, 5) is 4.41. The van der Waals surface area contributed by atoms with Crippen molar-refractivity contribution in [2.24, 2.45) is 0 Å². The average Bonchev–Trinajstić information content (AvgIpc) is 3.06. The van der Waals surface area contributed by atoms with Crippen molar-refractivity contribution in [2.75, 3.05) is 41.3 Å². The summed E-state index contributed by atoms with van der Waals surface area (Å²) >= 11 is 0. The smallest absolute Gasteiger partial charge is 0.165 e. The molecule has 1 N–H and O–H groups in total. The molecular weight excluding hydrogens is 601 g/mol. The van der Waals surface area contributed by atoms with Crippen LogP contribution in [0.5, 0.6) is 0 Å². The van der Waals surface area contributed by atoms with Gasteiger partial charge in [-0.15, -0.1) is 0 Å². The van der Waals surface area contributed by atoms with E-state index in [1.165, 1.54) is 128 Å². The van der Waals surface area contributed by atoms with Gasteiger partial charge in [0, 0.05) is 25.9 Å². The van der Waals surface area contributed by atoms with Crippen LogP contribution in [0.3, 0.4) is 0 Å². The van der Waals surface area contributed by atoms with Crippen LogP contribution in [0.4, 0.5) is 0 Å². The molecule has 1 atom stereocenters. The van der Waals surface area contributed by atoms with Crippen LogP contribution in [0, 0.1) is 0 Å². The summed E-state index contributed by atoms with van der Waals surface area (Å²) in [5, 5.41) is 11.8. The van der Waals surface area contributed by atoms with E-state index in [-0.39, 0.29) is 6.10 Å². The Morgan fingerprint density at radius 2 is 0.857 bits per heavy atom. The van der Waals surface area contributed by atoms with Gasteiger partial charge >= 0.3 is 0 Å². The molecule has 0 saturated heterocycles. The molecule has 0 spiro atoms. The van der Waals surface area contributed by atoms with E-state index in [0.717, 1.165) is 58.0 Å². The third kappa shape index (κ3) is 36.4. The van der Waals surface area contributed by atoms with Crippen LogP contribution in [-0.2, 0) is 4.74 Å². The van der Waals surface area contributed by atoms with E-state index in [9.17, 15) is 5.11 Å². The molecule has 0 bridgehead atoms. The van der Waals surface area contributed by atoms with Gasteiger partial charge in [0.25, 0.3) is 0 Å². The van der Waals surface area contributed by atoms with Crippen LogP contribution in [0.15, 0.2) is 48.6 Å². The molecular formula is C45H86N2O2. The topological polar surface area (TPSA) is 35.9 Å². The summed E-state index contributed by atoms with van der Waals surface area (Å²) in [6.07, 6.45) is 50.9. The highest BCUT2D eigenvalue weighted by molar-refractivity contribution is 4.93. The number of hydrogen-bond acceptors (Lipinski definition) is 4. The van der Waals surface area contributed by atoms with Crippen molar-refractivity contribution in [1.29, 1.82) is 0 Å². The molecule has 0 aliphatic carbocycles. The SMILES string of the molecule is CCCCC/C=C\C/C=C\CCCCCCCCC(O)(CCCCCCCC/C=C\C/C=C\CCCCC)O[C@H](CCN(C)C)CN(C)C. The molecule has 0 amide bonds. The Morgan fingerprint density at radius 1 is 0.490 bits per heavy atom. The molecule has 0 aromatic carbocycles. The van der Waals surface area contributed by atoms with Crippen LogP contribution < -0.4 is 0 Å². The summed E-state index contributed by atoms with van der Waals surface area (Å²) < 4.78 is 6.61. The van der Waals surface area contributed by atoms with E-state index in [1.807, 2.05) is 0 Å². The number of likely N-dealkylation sites (N-methyl/N-ethyl adjacent to an activating group) is 1. The van der Waals surface area contributed by atoms with Crippen LogP contribution in [0.2, 0.25) is 0 Å². The summed E-state index contributed by atoms with van der Waals surface area (Å²) in [6.45, 7) is 6.35. The fourth-order valence-corrected chi connectivity index (χ4v) is 6.33. The van der Waals surface area contributed by atoms with Crippen molar-refractivity contribution in [2.45, 2.75) is 199 Å². The molecule has 0 saturated carbocycles. The maximum atomic E-state index is 11.8. The predicted molar refractivity (Wildman–Crippen MR) is 219 cm³/mol. The van der Waals surface area contributed by atoms with Crippen molar-refractivity contribution in [3.05, 3.63) is 48.6 Å². The zero-order valence-corrected chi connectivity index (χ0v) is 34.0. The lowest BCUT2D eigenvalue weighted by atomic mass is 9.98. The highest BCUT2D eigenvalue weighted by Crippen LogP contribution is 2.27. The number of rotatable bonds is 37. The lowest BCUT2D eigenvalue weighted by Gasteiger charge is -2.35. The molecule has 0 rings (SSSR count). The second-order valence-corrected chi connectivity index (χ2v) is 15.2. The van der Waals surface area contributed by atoms with Gasteiger partial charge in [-0.05, 0) is 112 Å². The fourth-order valence-electron chi connectivity index (χ4n) is 6.33. The minimum absolute atomic E-state index is 0.0524. The van der Waals surface area contributed by atoms with Crippen LogP contribution >= 0.6 is 0 Å². The van der Waals surface area contributed by atoms with Gasteiger partial charge in [-0.3, -0.25) is 0 Å². The molecule has 0 aromatic heterocycles. The lowest BCUT2D eigenvalue weighted by Crippen LogP contribution is -2.41. The second kappa shape index (κ2) is 36.6. The standard InChI is InChI=1S/C45H86N2O2/c1-7-9-11-13-15-17-19-21-23-25-27-29-31-33-35-37-40-45(48,49-44(43-47(5)6)39-42-46(3)4)41-38-36-34-32-30-28-26-24-22-20-18-16-14-12-10-8-2/h15-18,21-24,44,48H,7-14,19-20,25-43H2,1-6H3/b17-15-,18-16-,23-21-,24-22-/t44-/m1/s1. The molecule has 0 aromatic rings. The molecule has 0 fully saturated rings. The molecule has 0 aliphatic rings. The summed E-state index contributed by atoms with van der Waals surface area (Å²) in [7, 11) is 8.45. The van der Waals surface area contributed by atoms with E-state index < -0.39 is 5.79 Å². The Hall–Kier alpha value is -1.20. The third-order valence-corrected chi connectivity index (χ3v) is 9.39. The molecule has 288 valence electrons. The summed E-state index contributed by atoms with van der Waals surface area (Å²) in [6, 6.07) is 0. The van der Waals surface area contributed by atoms with Crippen molar-refractivity contribution < 1.29 is 9.84 Å². The number of unbranched alkanes of at least 4 members (excludes halogenated alkanes) is 18. The maximum Gasteiger partial charge on any atom is 0.165 e. The van der Waals surface area contributed by atoms with Crippen LogP contribution in [0.25, 0.3) is 0 Å². The first-order chi connectivity index (χ1) is 23.8. The number of ether oxygens (including phenoxy) is 1.